The summed E-state index contributed by atoms with van der Waals surface area (Å²) >= 11 is 0. The summed E-state index contributed by atoms with van der Waals surface area (Å²) in [5.74, 6) is -1.13. The quantitative estimate of drug-likeness (QED) is 0.676. The summed E-state index contributed by atoms with van der Waals surface area (Å²) in [7, 11) is -2.07. The molecule has 1 unspecified atom stereocenters. The standard InChI is InChI=1S/C21H25N3O5S/c1-23-14-17(30(27,28)24-11-5-6-12-24)13-18(23)21(26)29-19(15-7-3-2-4-8-15)20(25)22-16-9-10-16/h2-4,7-8,13-14,16,19H,5-6,9-12H2,1H3,(H,22,25). The Labute approximate surface area is 175 Å². The molecule has 1 aliphatic carbocycles. The van der Waals surface area contributed by atoms with Crippen molar-refractivity contribution in [3.8, 4) is 0 Å². The fourth-order valence-electron chi connectivity index (χ4n) is 3.53. The van der Waals surface area contributed by atoms with Gasteiger partial charge >= 0.3 is 5.97 Å². The van der Waals surface area contributed by atoms with E-state index in [0.717, 1.165) is 25.7 Å². The van der Waals surface area contributed by atoms with E-state index in [1.807, 2.05) is 6.07 Å². The number of aromatic nitrogens is 1. The van der Waals surface area contributed by atoms with Crippen LogP contribution in [0.1, 0.15) is 47.8 Å². The van der Waals surface area contributed by atoms with Crippen LogP contribution in [0.25, 0.3) is 0 Å². The van der Waals surface area contributed by atoms with Crippen molar-refractivity contribution in [2.45, 2.75) is 42.7 Å². The molecule has 160 valence electrons. The molecule has 1 amide bonds. The highest BCUT2D eigenvalue weighted by molar-refractivity contribution is 7.89. The number of amides is 1. The highest BCUT2D eigenvalue weighted by Crippen LogP contribution is 2.26. The number of esters is 1. The fourth-order valence-corrected chi connectivity index (χ4v) is 5.12. The first-order valence-corrected chi connectivity index (χ1v) is 11.5. The first kappa shape index (κ1) is 20.6. The molecule has 1 N–H and O–H groups in total. The van der Waals surface area contributed by atoms with Crippen LogP contribution in [0.2, 0.25) is 0 Å². The minimum Gasteiger partial charge on any atom is -0.443 e. The lowest BCUT2D eigenvalue weighted by atomic mass is 10.1. The van der Waals surface area contributed by atoms with E-state index in [1.165, 1.54) is 21.1 Å². The van der Waals surface area contributed by atoms with Crippen LogP contribution in [0, 0.1) is 0 Å². The maximum Gasteiger partial charge on any atom is 0.356 e. The largest absolute Gasteiger partial charge is 0.443 e. The van der Waals surface area contributed by atoms with Crippen LogP contribution in [0.5, 0.6) is 0 Å². The number of hydrogen-bond donors (Lipinski definition) is 1. The number of nitrogens with zero attached hydrogens (tertiary/aromatic N) is 2. The van der Waals surface area contributed by atoms with Crippen molar-refractivity contribution in [3.63, 3.8) is 0 Å². The molecule has 9 heteroatoms. The predicted octanol–water partition coefficient (Wildman–Crippen LogP) is 1.99. The number of ether oxygens (including phenoxy) is 1. The number of rotatable bonds is 7. The molecule has 1 saturated carbocycles. The number of carbonyl (C=O) groups is 2. The van der Waals surface area contributed by atoms with Gasteiger partial charge in [0.05, 0.1) is 0 Å². The van der Waals surface area contributed by atoms with Gasteiger partial charge in [0.2, 0.25) is 16.1 Å². The van der Waals surface area contributed by atoms with Crippen molar-refractivity contribution in [1.29, 1.82) is 0 Å². The fraction of sp³-hybridized carbons (Fsp3) is 0.429. The molecular formula is C21H25N3O5S. The van der Waals surface area contributed by atoms with Gasteiger partial charge in [0.15, 0.2) is 0 Å². The van der Waals surface area contributed by atoms with Gasteiger partial charge in [-0.1, -0.05) is 30.3 Å². The highest BCUT2D eigenvalue weighted by atomic mass is 32.2. The van der Waals surface area contributed by atoms with Crippen LogP contribution in [0.3, 0.4) is 0 Å². The van der Waals surface area contributed by atoms with Gasteiger partial charge in [-0.3, -0.25) is 4.79 Å². The van der Waals surface area contributed by atoms with Crippen molar-refractivity contribution < 1.29 is 22.7 Å². The van der Waals surface area contributed by atoms with E-state index in [0.29, 0.717) is 18.7 Å². The summed E-state index contributed by atoms with van der Waals surface area (Å²) in [6.07, 6.45) is 3.79. The van der Waals surface area contributed by atoms with Crippen molar-refractivity contribution in [2.75, 3.05) is 13.1 Å². The van der Waals surface area contributed by atoms with Crippen molar-refractivity contribution in [3.05, 3.63) is 53.9 Å². The zero-order valence-electron chi connectivity index (χ0n) is 16.8. The Balaban J connectivity index is 1.56. The van der Waals surface area contributed by atoms with E-state index in [9.17, 15) is 18.0 Å². The molecule has 2 fully saturated rings. The van der Waals surface area contributed by atoms with Crippen molar-refractivity contribution in [2.24, 2.45) is 7.05 Å². The first-order chi connectivity index (χ1) is 14.4. The lowest BCUT2D eigenvalue weighted by molar-refractivity contribution is -0.130. The lowest BCUT2D eigenvalue weighted by Gasteiger charge is -2.18. The van der Waals surface area contributed by atoms with Crippen LogP contribution in [0.4, 0.5) is 0 Å². The van der Waals surface area contributed by atoms with E-state index < -0.39 is 22.1 Å². The molecule has 8 nitrogen and oxygen atoms in total. The number of nitrogens with one attached hydrogen (secondary N) is 1. The minimum atomic E-state index is -3.65. The zero-order valence-corrected chi connectivity index (χ0v) is 17.6. The van der Waals surface area contributed by atoms with E-state index in [4.69, 9.17) is 4.74 Å². The minimum absolute atomic E-state index is 0.0533. The normalized spacial score (nSPS) is 18.2. The summed E-state index contributed by atoms with van der Waals surface area (Å²) in [6.45, 7) is 0.961. The monoisotopic (exact) mass is 431 g/mol. The molecule has 1 aromatic carbocycles. The number of aryl methyl sites for hydroxylation is 1. The molecule has 1 aromatic heterocycles. The molecule has 0 bridgehead atoms. The third-order valence-corrected chi connectivity index (χ3v) is 7.24. The Hall–Kier alpha value is -2.65. The van der Waals surface area contributed by atoms with Gasteiger partial charge in [-0.2, -0.15) is 4.31 Å². The van der Waals surface area contributed by atoms with E-state index >= 15 is 0 Å². The molecule has 2 aliphatic rings. The number of sulfonamides is 1. The second kappa shape index (κ2) is 8.23. The lowest BCUT2D eigenvalue weighted by Crippen LogP contribution is -2.33. The van der Waals surface area contributed by atoms with Gasteiger partial charge in [0.1, 0.15) is 10.6 Å². The molecule has 30 heavy (non-hydrogen) atoms. The molecule has 0 spiro atoms. The smallest absolute Gasteiger partial charge is 0.356 e. The first-order valence-electron chi connectivity index (χ1n) is 10.1. The highest BCUT2D eigenvalue weighted by Gasteiger charge is 2.33. The summed E-state index contributed by atoms with van der Waals surface area (Å²) in [5.41, 5.74) is 0.635. The maximum absolute atomic E-state index is 12.9. The van der Waals surface area contributed by atoms with Crippen molar-refractivity contribution >= 4 is 21.9 Å². The molecule has 2 aromatic rings. The Bertz CT molecular complexity index is 1040. The summed E-state index contributed by atoms with van der Waals surface area (Å²) < 4.78 is 34.0. The molecule has 1 saturated heterocycles. The van der Waals surface area contributed by atoms with Gasteiger partial charge in [0.25, 0.3) is 5.91 Å². The summed E-state index contributed by atoms with van der Waals surface area (Å²) in [5, 5.41) is 2.86. The Morgan fingerprint density at radius 3 is 2.43 bits per heavy atom. The summed E-state index contributed by atoms with van der Waals surface area (Å²) in [6, 6.07) is 10.2. The molecule has 1 aliphatic heterocycles. The topological polar surface area (TPSA) is 97.7 Å². The molecular weight excluding hydrogens is 406 g/mol. The predicted molar refractivity (Wildman–Crippen MR) is 109 cm³/mol. The van der Waals surface area contributed by atoms with Crippen LogP contribution in [0.15, 0.2) is 47.5 Å². The molecule has 2 heterocycles. The van der Waals surface area contributed by atoms with Gasteiger partial charge in [0, 0.05) is 37.9 Å². The average Bonchev–Trinajstić information content (AvgIpc) is 3.20. The number of benzene rings is 1. The van der Waals surface area contributed by atoms with E-state index in [1.54, 1.807) is 31.3 Å². The van der Waals surface area contributed by atoms with Gasteiger partial charge in [-0.05, 0) is 31.7 Å². The van der Waals surface area contributed by atoms with Gasteiger partial charge in [-0.15, -0.1) is 0 Å². The SMILES string of the molecule is Cn1cc(S(=O)(=O)N2CCCC2)cc1C(=O)OC(C(=O)NC1CC1)c1ccccc1. The number of carbonyl (C=O) groups excluding carboxylic acids is 2. The maximum atomic E-state index is 12.9. The third-order valence-electron chi connectivity index (χ3n) is 5.38. The summed E-state index contributed by atoms with van der Waals surface area (Å²) in [4.78, 5) is 25.6. The van der Waals surface area contributed by atoms with Gasteiger partial charge < -0.3 is 14.6 Å². The average molecular weight is 432 g/mol. The molecule has 0 radical (unpaired) electrons. The van der Waals surface area contributed by atoms with Crippen LogP contribution < -0.4 is 5.32 Å². The van der Waals surface area contributed by atoms with E-state index in [2.05, 4.69) is 5.32 Å². The van der Waals surface area contributed by atoms with Crippen LogP contribution in [-0.4, -0.2) is 48.3 Å². The molecule has 1 atom stereocenters. The van der Waals surface area contributed by atoms with Gasteiger partial charge in [-0.25, -0.2) is 13.2 Å². The number of hydrogen-bond acceptors (Lipinski definition) is 5. The van der Waals surface area contributed by atoms with E-state index in [-0.39, 0.29) is 22.5 Å². The molecule has 4 rings (SSSR count). The van der Waals surface area contributed by atoms with Crippen LogP contribution in [-0.2, 0) is 26.6 Å². The van der Waals surface area contributed by atoms with Crippen molar-refractivity contribution in [1.82, 2.24) is 14.2 Å². The Morgan fingerprint density at radius 1 is 1.13 bits per heavy atom. The second-order valence-electron chi connectivity index (χ2n) is 7.76. The van der Waals surface area contributed by atoms with Crippen LogP contribution >= 0.6 is 0 Å². The Kier molecular flexibility index (Phi) is 5.66. The third kappa shape index (κ3) is 4.27. The Morgan fingerprint density at radius 2 is 1.80 bits per heavy atom. The zero-order chi connectivity index (χ0) is 21.3. The second-order valence-corrected chi connectivity index (χ2v) is 9.70.